The smallest absolute Gasteiger partial charge is 0.368 e. The molecular formula is C19H24F3N5O. The maximum Gasteiger partial charge on any atom is 0.416 e. The van der Waals surface area contributed by atoms with Crippen molar-refractivity contribution in [3.05, 3.63) is 47.8 Å². The lowest BCUT2D eigenvalue weighted by Gasteiger charge is -2.36. The molecule has 152 valence electrons. The van der Waals surface area contributed by atoms with E-state index in [1.54, 1.807) is 17.2 Å². The number of alkyl halides is 3. The maximum atomic E-state index is 12.9. The maximum absolute atomic E-state index is 12.9. The molecule has 1 N–H and O–H groups in total. The van der Waals surface area contributed by atoms with Crippen LogP contribution in [-0.4, -0.2) is 53.4 Å². The fraction of sp³-hybridized carbons (Fsp3) is 0.474. The van der Waals surface area contributed by atoms with Gasteiger partial charge in [0.15, 0.2) is 0 Å². The summed E-state index contributed by atoms with van der Waals surface area (Å²) in [7, 11) is 0. The monoisotopic (exact) mass is 395 g/mol. The van der Waals surface area contributed by atoms with Crippen molar-refractivity contribution in [2.24, 2.45) is 0 Å². The van der Waals surface area contributed by atoms with Crippen molar-refractivity contribution >= 4 is 11.7 Å². The standard InChI is InChI=1S/C19H24F3N5O/c1-15-13-24-27(14-15)7-3-6-23-18(28)26-10-8-25(9-11-26)17-5-2-4-16(12-17)19(20,21)22/h2,4-5,12-14H,3,6-11H2,1H3,(H,23,28). The Bertz CT molecular complexity index is 797. The van der Waals surface area contributed by atoms with Crippen LogP contribution in [0.5, 0.6) is 0 Å². The molecule has 0 unspecified atom stereocenters. The van der Waals surface area contributed by atoms with Crippen molar-refractivity contribution in [3.63, 3.8) is 0 Å². The molecule has 6 nitrogen and oxygen atoms in total. The molecular weight excluding hydrogens is 371 g/mol. The number of anilines is 1. The average molecular weight is 395 g/mol. The number of carbonyl (C=O) groups excluding carboxylic acids is 1. The number of aromatic nitrogens is 2. The number of rotatable bonds is 5. The van der Waals surface area contributed by atoms with E-state index in [0.29, 0.717) is 38.4 Å². The quantitative estimate of drug-likeness (QED) is 0.792. The number of benzene rings is 1. The summed E-state index contributed by atoms with van der Waals surface area (Å²) in [4.78, 5) is 15.8. The van der Waals surface area contributed by atoms with Crippen molar-refractivity contribution in [3.8, 4) is 0 Å². The molecule has 0 saturated carbocycles. The Morgan fingerprint density at radius 3 is 2.61 bits per heavy atom. The van der Waals surface area contributed by atoms with Crippen LogP contribution in [-0.2, 0) is 12.7 Å². The Morgan fingerprint density at radius 2 is 1.96 bits per heavy atom. The lowest BCUT2D eigenvalue weighted by Crippen LogP contribution is -2.52. The Balaban J connectivity index is 1.42. The van der Waals surface area contributed by atoms with Gasteiger partial charge in [-0.1, -0.05) is 6.07 Å². The van der Waals surface area contributed by atoms with Crippen LogP contribution in [0.25, 0.3) is 0 Å². The molecule has 2 heterocycles. The zero-order chi connectivity index (χ0) is 20.1. The lowest BCUT2D eigenvalue weighted by atomic mass is 10.1. The van der Waals surface area contributed by atoms with E-state index in [1.165, 1.54) is 6.07 Å². The Hall–Kier alpha value is -2.71. The van der Waals surface area contributed by atoms with Gasteiger partial charge in [0.05, 0.1) is 11.8 Å². The van der Waals surface area contributed by atoms with Gasteiger partial charge in [-0.3, -0.25) is 4.68 Å². The largest absolute Gasteiger partial charge is 0.416 e. The SMILES string of the molecule is Cc1cnn(CCCNC(=O)N2CCN(c3cccc(C(F)(F)F)c3)CC2)c1. The number of nitrogens with one attached hydrogen (secondary N) is 1. The highest BCUT2D eigenvalue weighted by molar-refractivity contribution is 5.74. The molecule has 9 heteroatoms. The molecule has 2 aromatic rings. The normalized spacial score (nSPS) is 15.0. The van der Waals surface area contributed by atoms with Crippen molar-refractivity contribution in [1.29, 1.82) is 0 Å². The third-order valence-electron chi connectivity index (χ3n) is 4.71. The highest BCUT2D eigenvalue weighted by atomic mass is 19.4. The van der Waals surface area contributed by atoms with Gasteiger partial charge in [-0.25, -0.2) is 4.79 Å². The van der Waals surface area contributed by atoms with Crippen LogP contribution in [0.1, 0.15) is 17.5 Å². The van der Waals surface area contributed by atoms with Crippen molar-refractivity contribution in [2.75, 3.05) is 37.6 Å². The van der Waals surface area contributed by atoms with Gasteiger partial charge in [0.25, 0.3) is 0 Å². The lowest BCUT2D eigenvalue weighted by molar-refractivity contribution is -0.137. The second kappa shape index (κ2) is 8.53. The van der Waals surface area contributed by atoms with E-state index in [0.717, 1.165) is 30.7 Å². The first-order chi connectivity index (χ1) is 13.3. The Morgan fingerprint density at radius 1 is 1.21 bits per heavy atom. The third kappa shape index (κ3) is 5.17. The first kappa shape index (κ1) is 20.0. The number of piperazine rings is 1. The summed E-state index contributed by atoms with van der Waals surface area (Å²) in [5.41, 5.74) is 0.977. The van der Waals surface area contributed by atoms with Gasteiger partial charge >= 0.3 is 12.2 Å². The van der Waals surface area contributed by atoms with Crippen LogP contribution in [0, 0.1) is 6.92 Å². The second-order valence-corrected chi connectivity index (χ2v) is 6.89. The average Bonchev–Trinajstić information content (AvgIpc) is 3.10. The van der Waals surface area contributed by atoms with Gasteiger partial charge < -0.3 is 15.1 Å². The number of amides is 2. The highest BCUT2D eigenvalue weighted by Gasteiger charge is 2.31. The van der Waals surface area contributed by atoms with Gasteiger partial charge in [0, 0.05) is 51.2 Å². The third-order valence-corrected chi connectivity index (χ3v) is 4.71. The van der Waals surface area contributed by atoms with Crippen molar-refractivity contribution in [1.82, 2.24) is 20.0 Å². The molecule has 1 fully saturated rings. The number of halogens is 3. The van der Waals surface area contributed by atoms with Crippen LogP contribution >= 0.6 is 0 Å². The summed E-state index contributed by atoms with van der Waals surface area (Å²) in [6.45, 7) is 5.21. The summed E-state index contributed by atoms with van der Waals surface area (Å²) in [6, 6.07) is 5.17. The summed E-state index contributed by atoms with van der Waals surface area (Å²) in [5.74, 6) is 0. The fourth-order valence-electron chi connectivity index (χ4n) is 3.18. The fourth-order valence-corrected chi connectivity index (χ4v) is 3.18. The molecule has 1 aliphatic rings. The molecule has 0 radical (unpaired) electrons. The van der Waals surface area contributed by atoms with Crippen LogP contribution in [0.4, 0.5) is 23.7 Å². The molecule has 3 rings (SSSR count). The van der Waals surface area contributed by atoms with Crippen LogP contribution in [0.15, 0.2) is 36.7 Å². The van der Waals surface area contributed by atoms with Gasteiger partial charge in [0.2, 0.25) is 0 Å². The molecule has 2 amide bonds. The van der Waals surface area contributed by atoms with E-state index in [1.807, 2.05) is 22.7 Å². The summed E-state index contributed by atoms with van der Waals surface area (Å²) >= 11 is 0. The molecule has 1 aliphatic heterocycles. The minimum Gasteiger partial charge on any atom is -0.368 e. The number of carbonyl (C=O) groups is 1. The van der Waals surface area contributed by atoms with E-state index < -0.39 is 11.7 Å². The predicted octanol–water partition coefficient (Wildman–Crippen LogP) is 3.13. The van der Waals surface area contributed by atoms with Crippen molar-refractivity contribution < 1.29 is 18.0 Å². The van der Waals surface area contributed by atoms with E-state index in [-0.39, 0.29) is 6.03 Å². The van der Waals surface area contributed by atoms with Gasteiger partial charge in [0.1, 0.15) is 0 Å². The van der Waals surface area contributed by atoms with Crippen LogP contribution < -0.4 is 10.2 Å². The Kier molecular flexibility index (Phi) is 6.11. The van der Waals surface area contributed by atoms with Crippen LogP contribution in [0.3, 0.4) is 0 Å². The zero-order valence-electron chi connectivity index (χ0n) is 15.7. The molecule has 28 heavy (non-hydrogen) atoms. The highest BCUT2D eigenvalue weighted by Crippen LogP contribution is 2.31. The number of hydrogen-bond acceptors (Lipinski definition) is 3. The molecule has 1 aromatic carbocycles. The second-order valence-electron chi connectivity index (χ2n) is 6.89. The first-order valence-corrected chi connectivity index (χ1v) is 9.27. The van der Waals surface area contributed by atoms with Crippen LogP contribution in [0.2, 0.25) is 0 Å². The molecule has 1 saturated heterocycles. The van der Waals surface area contributed by atoms with E-state index in [2.05, 4.69) is 10.4 Å². The van der Waals surface area contributed by atoms with Gasteiger partial charge in [-0.15, -0.1) is 0 Å². The number of hydrogen-bond donors (Lipinski definition) is 1. The predicted molar refractivity (Wildman–Crippen MR) is 100 cm³/mol. The van der Waals surface area contributed by atoms with Crippen molar-refractivity contribution in [2.45, 2.75) is 26.1 Å². The molecule has 0 spiro atoms. The molecule has 0 atom stereocenters. The molecule has 0 bridgehead atoms. The minimum absolute atomic E-state index is 0.139. The topological polar surface area (TPSA) is 53.4 Å². The molecule has 0 aliphatic carbocycles. The summed E-state index contributed by atoms with van der Waals surface area (Å²) in [6.07, 6.45) is 0.168. The minimum atomic E-state index is -4.35. The van der Waals surface area contributed by atoms with Gasteiger partial charge in [-0.2, -0.15) is 18.3 Å². The zero-order valence-corrected chi connectivity index (χ0v) is 15.7. The van der Waals surface area contributed by atoms with E-state index in [9.17, 15) is 18.0 Å². The van der Waals surface area contributed by atoms with E-state index >= 15 is 0 Å². The number of nitrogens with zero attached hydrogens (tertiary/aromatic N) is 4. The van der Waals surface area contributed by atoms with E-state index in [4.69, 9.17) is 0 Å². The summed E-state index contributed by atoms with van der Waals surface area (Å²) in [5, 5.41) is 7.09. The number of urea groups is 1. The first-order valence-electron chi connectivity index (χ1n) is 9.27. The Labute approximate surface area is 161 Å². The summed E-state index contributed by atoms with van der Waals surface area (Å²) < 4.78 is 40.5. The van der Waals surface area contributed by atoms with Gasteiger partial charge in [-0.05, 0) is 37.1 Å². The molecule has 1 aromatic heterocycles. The number of aryl methyl sites for hydroxylation is 2.